The molecule has 0 amide bonds. The third kappa shape index (κ3) is 4.54. The summed E-state index contributed by atoms with van der Waals surface area (Å²) >= 11 is 3.53. The van der Waals surface area contributed by atoms with Crippen molar-refractivity contribution in [1.82, 2.24) is 15.5 Å². The number of ether oxygens (including phenoxy) is 1. The van der Waals surface area contributed by atoms with Crippen LogP contribution in [0.3, 0.4) is 0 Å². The molecule has 5 nitrogen and oxygen atoms in total. The van der Waals surface area contributed by atoms with E-state index in [2.05, 4.69) is 44.4 Å². The van der Waals surface area contributed by atoms with Crippen LogP contribution < -0.4 is 10.1 Å². The predicted molar refractivity (Wildman–Crippen MR) is 84.2 cm³/mol. The lowest BCUT2D eigenvalue weighted by atomic mass is 10.1. The summed E-state index contributed by atoms with van der Waals surface area (Å²) in [6.45, 7) is 7.97. The quantitative estimate of drug-likeness (QED) is 0.771. The molecule has 2 aromatic rings. The van der Waals surface area contributed by atoms with E-state index in [4.69, 9.17) is 9.15 Å². The first-order valence-corrected chi connectivity index (χ1v) is 7.81. The van der Waals surface area contributed by atoms with Gasteiger partial charge < -0.3 is 14.5 Å². The number of benzene rings is 1. The van der Waals surface area contributed by atoms with Gasteiger partial charge in [0, 0.05) is 23.5 Å². The van der Waals surface area contributed by atoms with Crippen LogP contribution in [0.1, 0.15) is 36.3 Å². The van der Waals surface area contributed by atoms with E-state index in [0.29, 0.717) is 11.8 Å². The van der Waals surface area contributed by atoms with Gasteiger partial charge in [0.25, 0.3) is 5.89 Å². The molecule has 114 valence electrons. The van der Waals surface area contributed by atoms with Gasteiger partial charge in [-0.25, -0.2) is 0 Å². The molecule has 2 rings (SSSR count). The van der Waals surface area contributed by atoms with Crippen LogP contribution in [-0.4, -0.2) is 16.7 Å². The van der Waals surface area contributed by atoms with E-state index in [0.717, 1.165) is 40.9 Å². The second-order valence-corrected chi connectivity index (χ2v) is 5.81. The van der Waals surface area contributed by atoms with Gasteiger partial charge in [0.2, 0.25) is 5.89 Å². The van der Waals surface area contributed by atoms with Gasteiger partial charge in [-0.3, -0.25) is 0 Å². The van der Waals surface area contributed by atoms with Crippen LogP contribution in [0, 0.1) is 13.8 Å². The molecule has 6 heteroatoms. The zero-order valence-corrected chi connectivity index (χ0v) is 14.2. The Kier molecular flexibility index (Phi) is 5.76. The monoisotopic (exact) mass is 353 g/mol. The summed E-state index contributed by atoms with van der Waals surface area (Å²) in [4.78, 5) is 0. The predicted octanol–water partition coefficient (Wildman–Crippen LogP) is 3.53. The fourth-order valence-electron chi connectivity index (χ4n) is 2.07. The minimum absolute atomic E-state index is 0.282. The molecule has 1 aromatic carbocycles. The number of hydrogen-bond donors (Lipinski definition) is 1. The fourth-order valence-corrected chi connectivity index (χ4v) is 2.69. The summed E-state index contributed by atoms with van der Waals surface area (Å²) in [5.41, 5.74) is 2.19. The van der Waals surface area contributed by atoms with Crippen molar-refractivity contribution < 1.29 is 9.15 Å². The lowest BCUT2D eigenvalue weighted by Crippen LogP contribution is -2.15. The van der Waals surface area contributed by atoms with Gasteiger partial charge in [-0.2, -0.15) is 0 Å². The van der Waals surface area contributed by atoms with Crippen molar-refractivity contribution in [1.29, 1.82) is 0 Å². The van der Waals surface area contributed by atoms with E-state index in [1.807, 2.05) is 13.0 Å². The molecule has 0 bridgehead atoms. The zero-order chi connectivity index (χ0) is 15.2. The van der Waals surface area contributed by atoms with E-state index < -0.39 is 0 Å². The van der Waals surface area contributed by atoms with Gasteiger partial charge in [-0.1, -0.05) is 22.9 Å². The third-order valence-corrected chi connectivity index (χ3v) is 3.42. The van der Waals surface area contributed by atoms with Gasteiger partial charge in [0.1, 0.15) is 5.75 Å². The topological polar surface area (TPSA) is 60.2 Å². The fraction of sp³-hybridized carbons (Fsp3) is 0.467. The lowest BCUT2D eigenvalue weighted by Gasteiger charge is -2.14. The molecule has 0 saturated carbocycles. The number of aromatic nitrogens is 2. The van der Waals surface area contributed by atoms with Crippen molar-refractivity contribution in [2.24, 2.45) is 0 Å². The number of hydrogen-bond acceptors (Lipinski definition) is 5. The highest BCUT2D eigenvalue weighted by Gasteiger charge is 2.11. The van der Waals surface area contributed by atoms with Crippen molar-refractivity contribution in [3.05, 3.63) is 39.5 Å². The largest absolute Gasteiger partial charge is 0.483 e. The van der Waals surface area contributed by atoms with E-state index in [9.17, 15) is 0 Å². The summed E-state index contributed by atoms with van der Waals surface area (Å²) in [6.07, 6.45) is 1.10. The Bertz CT molecular complexity index is 599. The summed E-state index contributed by atoms with van der Waals surface area (Å²) in [5, 5.41) is 11.1. The van der Waals surface area contributed by atoms with Gasteiger partial charge in [0.15, 0.2) is 6.61 Å². The number of halogens is 1. The molecule has 0 spiro atoms. The van der Waals surface area contributed by atoms with Crippen LogP contribution in [0.5, 0.6) is 5.75 Å². The zero-order valence-electron chi connectivity index (χ0n) is 12.6. The standard InChI is InChI=1S/C15H20BrN3O2/c1-4-5-17-8-12-7-13(16)6-10(2)15(12)20-9-14-19-18-11(3)21-14/h6-7,17H,4-5,8-9H2,1-3H3. The van der Waals surface area contributed by atoms with Gasteiger partial charge >= 0.3 is 0 Å². The molecular formula is C15H20BrN3O2. The Balaban J connectivity index is 2.12. The summed E-state index contributed by atoms with van der Waals surface area (Å²) in [5.74, 6) is 1.91. The number of nitrogens with zero attached hydrogens (tertiary/aromatic N) is 2. The highest BCUT2D eigenvalue weighted by molar-refractivity contribution is 9.10. The Morgan fingerprint density at radius 3 is 2.76 bits per heavy atom. The number of aryl methyl sites for hydroxylation is 2. The van der Waals surface area contributed by atoms with E-state index in [-0.39, 0.29) is 6.61 Å². The van der Waals surface area contributed by atoms with Gasteiger partial charge in [-0.05, 0) is 37.6 Å². The van der Waals surface area contributed by atoms with E-state index in [1.54, 1.807) is 6.92 Å². The molecule has 0 radical (unpaired) electrons. The second kappa shape index (κ2) is 7.56. The van der Waals surface area contributed by atoms with Crippen LogP contribution in [0.2, 0.25) is 0 Å². The maximum absolute atomic E-state index is 5.90. The molecular weight excluding hydrogens is 334 g/mol. The molecule has 0 saturated heterocycles. The summed E-state index contributed by atoms with van der Waals surface area (Å²) in [7, 11) is 0. The minimum Gasteiger partial charge on any atom is -0.483 e. The first kappa shape index (κ1) is 16.0. The van der Waals surface area contributed by atoms with Gasteiger partial charge in [-0.15, -0.1) is 10.2 Å². The van der Waals surface area contributed by atoms with Crippen LogP contribution in [0.25, 0.3) is 0 Å². The van der Waals surface area contributed by atoms with Crippen LogP contribution >= 0.6 is 15.9 Å². The van der Waals surface area contributed by atoms with Crippen molar-refractivity contribution in [2.45, 2.75) is 40.3 Å². The Hall–Kier alpha value is -1.40. The molecule has 0 unspecified atom stereocenters. The van der Waals surface area contributed by atoms with Crippen molar-refractivity contribution >= 4 is 15.9 Å². The Morgan fingerprint density at radius 1 is 1.29 bits per heavy atom. The maximum atomic E-state index is 5.90. The molecule has 0 aliphatic heterocycles. The average Bonchev–Trinajstić information content (AvgIpc) is 2.83. The molecule has 1 N–H and O–H groups in total. The number of nitrogens with one attached hydrogen (secondary N) is 1. The van der Waals surface area contributed by atoms with Crippen molar-refractivity contribution in [3.8, 4) is 5.75 Å². The Morgan fingerprint density at radius 2 is 2.10 bits per heavy atom. The maximum Gasteiger partial charge on any atom is 0.253 e. The lowest BCUT2D eigenvalue weighted by molar-refractivity contribution is 0.256. The van der Waals surface area contributed by atoms with Gasteiger partial charge in [0.05, 0.1) is 0 Å². The van der Waals surface area contributed by atoms with Crippen molar-refractivity contribution in [2.75, 3.05) is 6.54 Å². The first-order chi connectivity index (χ1) is 10.1. The molecule has 0 aliphatic carbocycles. The molecule has 21 heavy (non-hydrogen) atoms. The third-order valence-electron chi connectivity index (χ3n) is 2.97. The summed E-state index contributed by atoms with van der Waals surface area (Å²) in [6, 6.07) is 4.11. The second-order valence-electron chi connectivity index (χ2n) is 4.89. The van der Waals surface area contributed by atoms with Crippen LogP contribution in [0.15, 0.2) is 21.0 Å². The van der Waals surface area contributed by atoms with E-state index >= 15 is 0 Å². The number of rotatable bonds is 7. The first-order valence-electron chi connectivity index (χ1n) is 7.01. The molecule has 0 atom stereocenters. The highest BCUT2D eigenvalue weighted by Crippen LogP contribution is 2.28. The molecule has 0 aliphatic rings. The SMILES string of the molecule is CCCNCc1cc(Br)cc(C)c1OCc1nnc(C)o1. The van der Waals surface area contributed by atoms with Crippen molar-refractivity contribution in [3.63, 3.8) is 0 Å². The molecule has 0 fully saturated rings. The molecule has 1 aromatic heterocycles. The highest BCUT2D eigenvalue weighted by atomic mass is 79.9. The average molecular weight is 354 g/mol. The molecule has 1 heterocycles. The van der Waals surface area contributed by atoms with E-state index in [1.165, 1.54) is 0 Å². The Labute approximate surface area is 133 Å². The van der Waals surface area contributed by atoms with Crippen LogP contribution in [-0.2, 0) is 13.2 Å². The smallest absolute Gasteiger partial charge is 0.253 e. The van der Waals surface area contributed by atoms with Crippen LogP contribution in [0.4, 0.5) is 0 Å². The minimum atomic E-state index is 0.282. The summed E-state index contributed by atoms with van der Waals surface area (Å²) < 4.78 is 12.3. The normalized spacial score (nSPS) is 10.9.